The second kappa shape index (κ2) is 5.77. The fraction of sp³-hybridized carbons (Fsp3) is 0.133. The van der Waals surface area contributed by atoms with Crippen molar-refractivity contribution < 1.29 is 9.53 Å². The van der Waals surface area contributed by atoms with Gasteiger partial charge in [0.2, 0.25) is 5.28 Å². The van der Waals surface area contributed by atoms with Crippen LogP contribution in [0.2, 0.25) is 5.28 Å². The zero-order valence-corrected chi connectivity index (χ0v) is 13.3. The monoisotopic (exact) mass is 331 g/mol. The summed E-state index contributed by atoms with van der Waals surface area (Å²) in [6.45, 7) is 0. The van der Waals surface area contributed by atoms with Crippen LogP contribution in [0.5, 0.6) is 5.75 Å². The molecule has 2 aromatic heterocycles. The Hall–Kier alpha value is -2.80. The molecule has 3 rings (SSSR count). The lowest BCUT2D eigenvalue weighted by atomic mass is 10.1. The summed E-state index contributed by atoms with van der Waals surface area (Å²) in [4.78, 5) is 20.2. The van der Waals surface area contributed by atoms with Crippen molar-refractivity contribution in [2.24, 2.45) is 12.8 Å². The number of methoxy groups -OCH3 is 1. The van der Waals surface area contributed by atoms with E-state index in [1.54, 1.807) is 18.2 Å². The maximum Gasteiger partial charge on any atom is 0.254 e. The molecule has 118 valence electrons. The highest BCUT2D eigenvalue weighted by molar-refractivity contribution is 6.28. The molecule has 0 atom stereocenters. The molecule has 2 heterocycles. The minimum Gasteiger partial charge on any atom is -0.496 e. The van der Waals surface area contributed by atoms with Gasteiger partial charge in [-0.05, 0) is 29.8 Å². The van der Waals surface area contributed by atoms with Crippen molar-refractivity contribution in [1.82, 2.24) is 14.5 Å². The molecule has 0 unspecified atom stereocenters. The fourth-order valence-electron chi connectivity index (χ4n) is 2.39. The smallest absolute Gasteiger partial charge is 0.254 e. The second-order valence-corrected chi connectivity index (χ2v) is 5.22. The molecule has 0 aliphatic carbocycles. The summed E-state index contributed by atoms with van der Waals surface area (Å²) in [6.07, 6.45) is 1.85. The predicted octanol–water partition coefficient (Wildman–Crippen LogP) is 2.47. The number of amides is 1. The minimum atomic E-state index is -0.602. The van der Waals surface area contributed by atoms with Crippen molar-refractivity contribution in [3.8, 4) is 5.75 Å². The van der Waals surface area contributed by atoms with Crippen LogP contribution < -0.4 is 15.8 Å². The van der Waals surface area contributed by atoms with Gasteiger partial charge >= 0.3 is 0 Å². The molecule has 3 N–H and O–H groups in total. The largest absolute Gasteiger partial charge is 0.496 e. The molecule has 0 aliphatic heterocycles. The highest BCUT2D eigenvalue weighted by atomic mass is 35.5. The zero-order valence-electron chi connectivity index (χ0n) is 12.5. The molecule has 8 heteroatoms. The number of hydrogen-bond donors (Lipinski definition) is 2. The summed E-state index contributed by atoms with van der Waals surface area (Å²) in [7, 11) is 3.33. The van der Waals surface area contributed by atoms with E-state index in [2.05, 4.69) is 15.3 Å². The van der Waals surface area contributed by atoms with Crippen LogP contribution in [0.1, 0.15) is 10.4 Å². The average Bonchev–Trinajstić information content (AvgIpc) is 2.88. The van der Waals surface area contributed by atoms with Crippen molar-refractivity contribution in [1.29, 1.82) is 0 Å². The van der Waals surface area contributed by atoms with Crippen LogP contribution in [0.15, 0.2) is 30.5 Å². The number of anilines is 2. The molecule has 3 aromatic rings. The van der Waals surface area contributed by atoms with Gasteiger partial charge in [0, 0.05) is 13.2 Å². The molecule has 0 radical (unpaired) electrons. The van der Waals surface area contributed by atoms with Crippen LogP contribution in [0, 0.1) is 0 Å². The topological polar surface area (TPSA) is 95.1 Å². The summed E-state index contributed by atoms with van der Waals surface area (Å²) < 4.78 is 7.02. The van der Waals surface area contributed by atoms with Gasteiger partial charge in [0.15, 0.2) is 0 Å². The van der Waals surface area contributed by atoms with Crippen molar-refractivity contribution in [2.45, 2.75) is 0 Å². The number of primary amides is 1. The summed E-state index contributed by atoms with van der Waals surface area (Å²) in [5.41, 5.74) is 6.87. The Morgan fingerprint density at radius 3 is 2.83 bits per heavy atom. The van der Waals surface area contributed by atoms with Crippen LogP contribution in [-0.2, 0) is 7.05 Å². The van der Waals surface area contributed by atoms with Crippen LogP contribution in [0.4, 0.5) is 11.5 Å². The number of nitrogens with one attached hydrogen (secondary N) is 1. The number of nitrogens with zero attached hydrogens (tertiary/aromatic N) is 3. The van der Waals surface area contributed by atoms with E-state index in [9.17, 15) is 4.79 Å². The Morgan fingerprint density at radius 1 is 1.35 bits per heavy atom. The Bertz CT molecular complexity index is 906. The standard InChI is InChI=1S/C15H14ClN5O2/c1-21-7-6-8-13(19-15(16)20-14(8)21)18-9-4-3-5-10(23-2)11(9)12(17)22/h3-7H,1-2H3,(H2,17,22)(H,18,19,20). The van der Waals surface area contributed by atoms with E-state index in [0.717, 1.165) is 5.39 Å². The van der Waals surface area contributed by atoms with Gasteiger partial charge in [-0.3, -0.25) is 4.79 Å². The average molecular weight is 332 g/mol. The van der Waals surface area contributed by atoms with E-state index < -0.39 is 5.91 Å². The normalized spacial score (nSPS) is 10.7. The first-order valence-corrected chi connectivity index (χ1v) is 7.11. The van der Waals surface area contributed by atoms with E-state index >= 15 is 0 Å². The Morgan fingerprint density at radius 2 is 2.13 bits per heavy atom. The first-order valence-electron chi connectivity index (χ1n) is 6.73. The first-order chi connectivity index (χ1) is 11.0. The molecular weight excluding hydrogens is 318 g/mol. The number of benzene rings is 1. The van der Waals surface area contributed by atoms with Crippen molar-refractivity contribution in [3.05, 3.63) is 41.3 Å². The third kappa shape index (κ3) is 2.66. The highest BCUT2D eigenvalue weighted by Crippen LogP contribution is 2.31. The van der Waals surface area contributed by atoms with Crippen molar-refractivity contribution in [2.75, 3.05) is 12.4 Å². The van der Waals surface area contributed by atoms with Gasteiger partial charge < -0.3 is 20.4 Å². The number of ether oxygens (including phenoxy) is 1. The van der Waals surface area contributed by atoms with Gasteiger partial charge in [0.05, 0.1) is 18.2 Å². The Kier molecular flexibility index (Phi) is 3.79. The van der Waals surface area contributed by atoms with Crippen LogP contribution >= 0.6 is 11.6 Å². The Balaban J connectivity index is 2.15. The zero-order chi connectivity index (χ0) is 16.6. The van der Waals surface area contributed by atoms with Gasteiger partial charge in [-0.15, -0.1) is 0 Å². The maximum atomic E-state index is 11.8. The summed E-state index contributed by atoms with van der Waals surface area (Å²) >= 11 is 5.99. The van der Waals surface area contributed by atoms with Crippen molar-refractivity contribution in [3.63, 3.8) is 0 Å². The molecule has 1 aromatic carbocycles. The lowest BCUT2D eigenvalue weighted by molar-refractivity contribution is 0.0998. The van der Waals surface area contributed by atoms with Gasteiger partial charge in [0.25, 0.3) is 5.91 Å². The SMILES string of the molecule is COc1cccc(Nc2nc(Cl)nc3c2ccn3C)c1C(N)=O. The van der Waals surface area contributed by atoms with Gasteiger partial charge in [0.1, 0.15) is 22.8 Å². The lowest BCUT2D eigenvalue weighted by Crippen LogP contribution is -2.15. The first kappa shape index (κ1) is 15.1. The van der Waals surface area contributed by atoms with E-state index in [1.165, 1.54) is 7.11 Å². The van der Waals surface area contributed by atoms with E-state index in [-0.39, 0.29) is 10.8 Å². The summed E-state index contributed by atoms with van der Waals surface area (Å²) in [5, 5.41) is 3.97. The quantitative estimate of drug-likeness (QED) is 0.716. The third-order valence-corrected chi connectivity index (χ3v) is 3.61. The number of nitrogens with two attached hydrogens (primary N) is 1. The Labute approximate surface area is 137 Å². The second-order valence-electron chi connectivity index (χ2n) is 4.88. The summed E-state index contributed by atoms with van der Waals surface area (Å²) in [6, 6.07) is 6.99. The van der Waals surface area contributed by atoms with E-state index in [1.807, 2.05) is 23.9 Å². The fourth-order valence-corrected chi connectivity index (χ4v) is 2.56. The number of aryl methyl sites for hydroxylation is 1. The van der Waals surface area contributed by atoms with Crippen LogP contribution in [-0.4, -0.2) is 27.6 Å². The molecule has 23 heavy (non-hydrogen) atoms. The number of fused-ring (bicyclic) bond motifs is 1. The molecule has 0 fully saturated rings. The molecule has 1 amide bonds. The van der Waals surface area contributed by atoms with E-state index in [4.69, 9.17) is 22.1 Å². The molecule has 7 nitrogen and oxygen atoms in total. The number of carbonyl (C=O) groups is 1. The lowest BCUT2D eigenvalue weighted by Gasteiger charge is -2.13. The predicted molar refractivity (Wildman–Crippen MR) is 88.3 cm³/mol. The molecule has 0 bridgehead atoms. The molecule has 0 aliphatic rings. The molecule has 0 saturated heterocycles. The number of aromatic nitrogens is 3. The molecule has 0 saturated carbocycles. The third-order valence-electron chi connectivity index (χ3n) is 3.44. The number of rotatable bonds is 4. The van der Waals surface area contributed by atoms with Crippen LogP contribution in [0.25, 0.3) is 11.0 Å². The number of halogens is 1. The molecular formula is C15H14ClN5O2. The number of carbonyl (C=O) groups excluding carboxylic acids is 1. The van der Waals surface area contributed by atoms with Gasteiger partial charge in [-0.25, -0.2) is 0 Å². The maximum absolute atomic E-state index is 11.8. The van der Waals surface area contributed by atoms with Crippen LogP contribution in [0.3, 0.4) is 0 Å². The van der Waals surface area contributed by atoms with Crippen molar-refractivity contribution >= 4 is 40.0 Å². The highest BCUT2D eigenvalue weighted by Gasteiger charge is 2.17. The number of hydrogen-bond acceptors (Lipinski definition) is 5. The summed E-state index contributed by atoms with van der Waals surface area (Å²) in [5.74, 6) is 0.262. The van der Waals surface area contributed by atoms with Gasteiger partial charge in [-0.1, -0.05) is 6.07 Å². The molecule has 0 spiro atoms. The van der Waals surface area contributed by atoms with E-state index in [0.29, 0.717) is 22.9 Å². The van der Waals surface area contributed by atoms with Gasteiger partial charge in [-0.2, -0.15) is 9.97 Å². The minimum absolute atomic E-state index is 0.102.